The molecule has 1 amide bonds. The molecule has 0 spiro atoms. The number of nitrogens with zero attached hydrogens (tertiary/aromatic N) is 3. The summed E-state index contributed by atoms with van der Waals surface area (Å²) in [5, 5.41) is 24.4. The van der Waals surface area contributed by atoms with Crippen LogP contribution in [0.5, 0.6) is 5.75 Å². The summed E-state index contributed by atoms with van der Waals surface area (Å²) in [6.45, 7) is 3.85. The van der Waals surface area contributed by atoms with Crippen LogP contribution < -0.4 is 5.32 Å². The molecule has 0 saturated heterocycles. The second-order valence-electron chi connectivity index (χ2n) is 6.74. The van der Waals surface area contributed by atoms with Gasteiger partial charge >= 0.3 is 11.9 Å². The molecule has 0 atom stereocenters. The van der Waals surface area contributed by atoms with Crippen molar-refractivity contribution in [2.75, 3.05) is 5.32 Å². The second-order valence-corrected chi connectivity index (χ2v) is 6.74. The average molecular weight is 473 g/mol. The Labute approximate surface area is 224 Å². The summed E-state index contributed by atoms with van der Waals surface area (Å²) in [5.41, 5.74) is 0.405. The Morgan fingerprint density at radius 2 is 1.97 bits per heavy atom. The Hall–Kier alpha value is -2.12. The molecule has 0 fully saturated rings. The zero-order valence-electron chi connectivity index (χ0n) is 17.7. The number of pyridine rings is 1. The summed E-state index contributed by atoms with van der Waals surface area (Å²) in [6.07, 6.45) is 2.94. The molecule has 3 heterocycles. The van der Waals surface area contributed by atoms with Gasteiger partial charge in [0.1, 0.15) is 22.8 Å². The van der Waals surface area contributed by atoms with Crippen LogP contribution >= 0.6 is 0 Å². The molecule has 9 nitrogen and oxygen atoms in total. The number of anilines is 1. The van der Waals surface area contributed by atoms with Gasteiger partial charge in [0, 0.05) is 75.9 Å². The van der Waals surface area contributed by atoms with Gasteiger partial charge in [0.15, 0.2) is 0 Å². The van der Waals surface area contributed by atoms with E-state index in [2.05, 4.69) is 10.1 Å². The Morgan fingerprint density at radius 1 is 1.25 bits per heavy atom. The number of halogens is 2. The first-order valence-corrected chi connectivity index (χ1v) is 9.41. The van der Waals surface area contributed by atoms with Gasteiger partial charge in [-0.3, -0.25) is 9.78 Å². The summed E-state index contributed by atoms with van der Waals surface area (Å²) in [6, 6.07) is 2.84. The van der Waals surface area contributed by atoms with Crippen molar-refractivity contribution < 1.29 is 33.1 Å². The van der Waals surface area contributed by atoms with E-state index < -0.39 is 24.2 Å². The molecule has 0 aliphatic heterocycles. The molecule has 165 valence electrons. The molecule has 0 aliphatic carbocycles. The standard InChI is InChI=1S/C20H20F2N4O5.K/c1-3-12-16(31-25-17(12)14-6-5-11(27)8-23-14)7-20(21,22)19(30)24-15-10-26(4-2)9-13(15)18(28)29;/h5-6,8-10,27H,3-4,7H2,1-2H3,(H,24,30)(H,28,29);. The summed E-state index contributed by atoms with van der Waals surface area (Å²) in [7, 11) is 0. The van der Waals surface area contributed by atoms with Crippen molar-refractivity contribution in [2.24, 2.45) is 0 Å². The van der Waals surface area contributed by atoms with E-state index in [-0.39, 0.29) is 86.3 Å². The van der Waals surface area contributed by atoms with Gasteiger partial charge in [-0.1, -0.05) is 12.1 Å². The topological polar surface area (TPSA) is 130 Å². The third-order valence-corrected chi connectivity index (χ3v) is 4.65. The number of amides is 1. The third-order valence-electron chi connectivity index (χ3n) is 4.65. The fourth-order valence-electron chi connectivity index (χ4n) is 3.03. The molecule has 0 aliphatic rings. The first-order valence-electron chi connectivity index (χ1n) is 9.41. The fourth-order valence-corrected chi connectivity index (χ4v) is 3.03. The number of aromatic hydroxyl groups is 1. The number of rotatable bonds is 8. The minimum Gasteiger partial charge on any atom is -0.506 e. The monoisotopic (exact) mass is 473 g/mol. The van der Waals surface area contributed by atoms with Crippen LogP contribution in [0.2, 0.25) is 0 Å². The van der Waals surface area contributed by atoms with Crippen LogP contribution in [0.25, 0.3) is 11.4 Å². The number of carboxylic acid groups (broad SMARTS) is 1. The van der Waals surface area contributed by atoms with Gasteiger partial charge in [-0.15, -0.1) is 0 Å². The third kappa shape index (κ3) is 5.62. The van der Waals surface area contributed by atoms with Crippen molar-refractivity contribution in [3.63, 3.8) is 0 Å². The molecule has 12 heteroatoms. The largest absolute Gasteiger partial charge is 0.506 e. The van der Waals surface area contributed by atoms with Crippen molar-refractivity contribution in [3.8, 4) is 17.1 Å². The van der Waals surface area contributed by atoms with Gasteiger partial charge in [0.2, 0.25) is 0 Å². The van der Waals surface area contributed by atoms with Gasteiger partial charge < -0.3 is 24.6 Å². The summed E-state index contributed by atoms with van der Waals surface area (Å²) in [4.78, 5) is 27.6. The number of alkyl halides is 2. The van der Waals surface area contributed by atoms with Crippen LogP contribution in [-0.2, 0) is 24.2 Å². The first-order chi connectivity index (χ1) is 14.7. The van der Waals surface area contributed by atoms with Crippen molar-refractivity contribution in [1.29, 1.82) is 0 Å². The molecule has 3 aromatic rings. The van der Waals surface area contributed by atoms with Crippen molar-refractivity contribution in [3.05, 3.63) is 47.6 Å². The van der Waals surface area contributed by atoms with Crippen LogP contribution in [0.1, 0.15) is 35.5 Å². The van der Waals surface area contributed by atoms with Crippen LogP contribution in [0.15, 0.2) is 35.2 Å². The van der Waals surface area contributed by atoms with Gasteiger partial charge in [-0.2, -0.15) is 8.78 Å². The molecular weight excluding hydrogens is 453 g/mol. The number of carbonyl (C=O) groups excluding carboxylic acids is 1. The predicted molar refractivity (Wildman–Crippen MR) is 111 cm³/mol. The SMILES string of the molecule is CCc1c(-c2ccc(O)cn2)noc1CC(F)(F)C(=O)Nc1cn(CC)cc1C(=O)O.[K]. The van der Waals surface area contributed by atoms with Gasteiger partial charge in [-0.25, -0.2) is 4.79 Å². The molecular formula is C20H20F2KN4O5. The number of carboxylic acids is 1. The molecule has 3 aromatic heterocycles. The number of hydrogen-bond acceptors (Lipinski definition) is 6. The van der Waals surface area contributed by atoms with Gasteiger partial charge in [0.25, 0.3) is 5.91 Å². The maximum absolute atomic E-state index is 14.7. The number of aromatic nitrogens is 3. The molecule has 32 heavy (non-hydrogen) atoms. The van der Waals surface area contributed by atoms with E-state index in [0.717, 1.165) is 0 Å². The van der Waals surface area contributed by atoms with Crippen LogP contribution in [0.4, 0.5) is 14.5 Å². The Bertz CT molecular complexity index is 1110. The van der Waals surface area contributed by atoms with E-state index in [1.54, 1.807) is 13.8 Å². The predicted octanol–water partition coefficient (Wildman–Crippen LogP) is 2.96. The van der Waals surface area contributed by atoms with E-state index in [1.165, 1.54) is 35.3 Å². The number of hydrogen-bond donors (Lipinski definition) is 3. The number of aryl methyl sites for hydroxylation is 1. The van der Waals surface area contributed by atoms with Crippen molar-refractivity contribution in [1.82, 2.24) is 14.7 Å². The summed E-state index contributed by atoms with van der Waals surface area (Å²) < 4.78 is 35.9. The zero-order valence-corrected chi connectivity index (χ0v) is 20.8. The number of nitrogens with one attached hydrogen (secondary N) is 1. The van der Waals surface area contributed by atoms with E-state index in [4.69, 9.17) is 4.52 Å². The molecule has 1 radical (unpaired) electrons. The second kappa shape index (κ2) is 10.7. The minimum atomic E-state index is -3.90. The molecule has 0 saturated carbocycles. The molecule has 0 aromatic carbocycles. The fraction of sp³-hybridized carbons (Fsp3) is 0.300. The molecule has 0 bridgehead atoms. The van der Waals surface area contributed by atoms with Crippen LogP contribution in [0.3, 0.4) is 0 Å². The maximum atomic E-state index is 14.7. The Morgan fingerprint density at radius 3 is 2.53 bits per heavy atom. The zero-order chi connectivity index (χ0) is 22.8. The van der Waals surface area contributed by atoms with Crippen molar-refractivity contribution in [2.45, 2.75) is 39.2 Å². The summed E-state index contributed by atoms with van der Waals surface area (Å²) >= 11 is 0. The van der Waals surface area contributed by atoms with Gasteiger partial charge in [-0.05, 0) is 25.5 Å². The quantitative estimate of drug-likeness (QED) is 0.429. The number of aromatic carboxylic acids is 1. The minimum absolute atomic E-state index is 0. The Balaban J connectivity index is 0.00000363. The smallest absolute Gasteiger partial charge is 0.339 e. The molecule has 0 unspecified atom stereocenters. The van der Waals surface area contributed by atoms with E-state index in [1.807, 2.05) is 5.32 Å². The normalized spacial score (nSPS) is 11.1. The molecule has 3 N–H and O–H groups in total. The maximum Gasteiger partial charge on any atom is 0.339 e. The van der Waals surface area contributed by atoms with Crippen LogP contribution in [0, 0.1) is 0 Å². The van der Waals surface area contributed by atoms with Crippen molar-refractivity contribution >= 4 is 68.9 Å². The average Bonchev–Trinajstić information content (AvgIpc) is 3.32. The number of carbonyl (C=O) groups is 2. The summed E-state index contributed by atoms with van der Waals surface area (Å²) in [5.74, 6) is -7.15. The Kier molecular flexibility index (Phi) is 8.71. The molecule has 3 rings (SSSR count). The van der Waals surface area contributed by atoms with E-state index >= 15 is 0 Å². The van der Waals surface area contributed by atoms with Crippen LogP contribution in [-0.4, -0.2) is 94.1 Å². The van der Waals surface area contributed by atoms with E-state index in [0.29, 0.717) is 17.8 Å². The van der Waals surface area contributed by atoms with E-state index in [9.17, 15) is 28.6 Å². The van der Waals surface area contributed by atoms with Gasteiger partial charge in [0.05, 0.1) is 24.0 Å². The first kappa shape index (κ1) is 26.1.